The standard InChI is InChI=1S/C18H25N5O2/c1-10-8-15(20-19-10)13-4-6-23(7-5-13)18(24)17-14-9-11(2)25-12(3)16(14)21-22-17/h8,11-13H,4-7,9H2,1-3H3,(H,19,20)(H,21,22)/t11-,12+/m1/s1. The first-order chi connectivity index (χ1) is 12.0. The van der Waals surface area contributed by atoms with E-state index in [0.717, 1.165) is 55.0 Å². The van der Waals surface area contributed by atoms with Crippen LogP contribution in [0.5, 0.6) is 0 Å². The molecule has 134 valence electrons. The molecule has 0 aromatic carbocycles. The first kappa shape index (κ1) is 16.3. The van der Waals surface area contributed by atoms with Crippen LogP contribution in [-0.2, 0) is 11.2 Å². The van der Waals surface area contributed by atoms with E-state index < -0.39 is 0 Å². The maximum atomic E-state index is 13.0. The van der Waals surface area contributed by atoms with Gasteiger partial charge in [0.2, 0.25) is 0 Å². The quantitative estimate of drug-likeness (QED) is 0.877. The van der Waals surface area contributed by atoms with Gasteiger partial charge >= 0.3 is 0 Å². The number of aromatic nitrogens is 4. The normalized spacial score (nSPS) is 24.4. The second kappa shape index (κ2) is 6.29. The van der Waals surface area contributed by atoms with Crippen molar-refractivity contribution in [2.45, 2.75) is 58.2 Å². The van der Waals surface area contributed by atoms with Gasteiger partial charge in [0, 0.05) is 36.7 Å². The second-order valence-corrected chi connectivity index (χ2v) is 7.30. The van der Waals surface area contributed by atoms with E-state index in [1.807, 2.05) is 25.7 Å². The third kappa shape index (κ3) is 2.97. The first-order valence-electron chi connectivity index (χ1n) is 9.06. The molecule has 7 heteroatoms. The molecule has 1 amide bonds. The van der Waals surface area contributed by atoms with E-state index in [1.165, 1.54) is 0 Å². The van der Waals surface area contributed by atoms with Crippen LogP contribution >= 0.6 is 0 Å². The molecule has 4 rings (SSSR count). The predicted octanol–water partition coefficient (Wildman–Crippen LogP) is 2.48. The van der Waals surface area contributed by atoms with Crippen LogP contribution in [-0.4, -0.2) is 50.4 Å². The lowest BCUT2D eigenvalue weighted by atomic mass is 9.93. The molecule has 0 radical (unpaired) electrons. The van der Waals surface area contributed by atoms with Gasteiger partial charge in [0.25, 0.3) is 5.91 Å². The zero-order chi connectivity index (χ0) is 17.6. The predicted molar refractivity (Wildman–Crippen MR) is 92.5 cm³/mol. The molecule has 7 nitrogen and oxygen atoms in total. The van der Waals surface area contributed by atoms with Crippen molar-refractivity contribution in [2.24, 2.45) is 0 Å². The van der Waals surface area contributed by atoms with Crippen LogP contribution in [0.25, 0.3) is 0 Å². The molecule has 2 aromatic rings. The number of fused-ring (bicyclic) bond motifs is 1. The molecule has 25 heavy (non-hydrogen) atoms. The molecular formula is C18H25N5O2. The summed E-state index contributed by atoms with van der Waals surface area (Å²) in [7, 11) is 0. The number of hydrogen-bond acceptors (Lipinski definition) is 4. The minimum absolute atomic E-state index is 0.0375. The lowest BCUT2D eigenvalue weighted by Gasteiger charge is -2.31. The summed E-state index contributed by atoms with van der Waals surface area (Å²) in [5.74, 6) is 0.464. The van der Waals surface area contributed by atoms with Gasteiger partial charge in [0.1, 0.15) is 0 Å². The van der Waals surface area contributed by atoms with Crippen LogP contribution in [0.15, 0.2) is 6.07 Å². The number of nitrogens with zero attached hydrogens (tertiary/aromatic N) is 3. The minimum atomic E-state index is -0.0403. The Balaban J connectivity index is 1.46. The van der Waals surface area contributed by atoms with Crippen LogP contribution in [0.4, 0.5) is 0 Å². The number of piperidine rings is 1. The van der Waals surface area contributed by atoms with Crippen LogP contribution < -0.4 is 0 Å². The average Bonchev–Trinajstić information content (AvgIpc) is 3.21. The molecule has 2 aliphatic rings. The van der Waals surface area contributed by atoms with E-state index in [-0.39, 0.29) is 18.1 Å². The zero-order valence-electron chi connectivity index (χ0n) is 15.0. The summed E-state index contributed by atoms with van der Waals surface area (Å²) in [4.78, 5) is 14.9. The van der Waals surface area contributed by atoms with Crippen molar-refractivity contribution in [3.05, 3.63) is 34.4 Å². The number of amides is 1. The highest BCUT2D eigenvalue weighted by atomic mass is 16.5. The molecule has 1 fully saturated rings. The Hall–Kier alpha value is -2.15. The highest BCUT2D eigenvalue weighted by molar-refractivity contribution is 5.94. The fraction of sp³-hybridized carbons (Fsp3) is 0.611. The zero-order valence-corrected chi connectivity index (χ0v) is 15.0. The largest absolute Gasteiger partial charge is 0.369 e. The number of likely N-dealkylation sites (tertiary alicyclic amines) is 1. The Labute approximate surface area is 147 Å². The van der Waals surface area contributed by atoms with Gasteiger partial charge in [-0.15, -0.1) is 0 Å². The van der Waals surface area contributed by atoms with Crippen LogP contribution in [0.1, 0.15) is 71.8 Å². The van der Waals surface area contributed by atoms with Crippen molar-refractivity contribution >= 4 is 5.91 Å². The molecule has 1 saturated heterocycles. The van der Waals surface area contributed by atoms with Crippen molar-refractivity contribution in [3.8, 4) is 0 Å². The third-order valence-electron chi connectivity index (χ3n) is 5.36. The molecule has 2 aliphatic heterocycles. The molecule has 0 saturated carbocycles. The Morgan fingerprint density at radius 2 is 2.00 bits per heavy atom. The summed E-state index contributed by atoms with van der Waals surface area (Å²) >= 11 is 0. The average molecular weight is 343 g/mol. The van der Waals surface area contributed by atoms with Gasteiger partial charge in [-0.25, -0.2) is 0 Å². The molecule has 0 aliphatic carbocycles. The van der Waals surface area contributed by atoms with Gasteiger partial charge in [-0.2, -0.15) is 10.2 Å². The van der Waals surface area contributed by atoms with E-state index in [1.54, 1.807) is 0 Å². The van der Waals surface area contributed by atoms with Crippen molar-refractivity contribution in [1.82, 2.24) is 25.3 Å². The fourth-order valence-electron chi connectivity index (χ4n) is 4.03. The summed E-state index contributed by atoms with van der Waals surface area (Å²) < 4.78 is 5.81. The number of carbonyl (C=O) groups is 1. The highest BCUT2D eigenvalue weighted by Gasteiger charge is 2.33. The smallest absolute Gasteiger partial charge is 0.274 e. The molecular weight excluding hydrogens is 318 g/mol. The SMILES string of the molecule is Cc1cc(C2CCN(C(=O)c3n[nH]c4c3C[C@@H](C)O[C@H]4C)CC2)n[nH]1. The number of H-pyrrole nitrogens is 2. The number of rotatable bonds is 2. The number of aryl methyl sites for hydroxylation is 1. The lowest BCUT2D eigenvalue weighted by Crippen LogP contribution is -2.39. The van der Waals surface area contributed by atoms with Crippen molar-refractivity contribution < 1.29 is 9.53 Å². The summed E-state index contributed by atoms with van der Waals surface area (Å²) in [5.41, 5.74) is 4.75. The van der Waals surface area contributed by atoms with E-state index in [2.05, 4.69) is 26.5 Å². The molecule has 2 N–H and O–H groups in total. The Bertz CT molecular complexity index is 772. The van der Waals surface area contributed by atoms with E-state index >= 15 is 0 Å². The van der Waals surface area contributed by atoms with Gasteiger partial charge in [-0.3, -0.25) is 15.0 Å². The minimum Gasteiger partial charge on any atom is -0.369 e. The van der Waals surface area contributed by atoms with Gasteiger partial charge in [0.05, 0.1) is 23.6 Å². The Kier molecular flexibility index (Phi) is 4.11. The fourth-order valence-corrected chi connectivity index (χ4v) is 4.03. The van der Waals surface area contributed by atoms with Crippen LogP contribution in [0.2, 0.25) is 0 Å². The third-order valence-corrected chi connectivity index (χ3v) is 5.36. The first-order valence-corrected chi connectivity index (χ1v) is 9.06. The second-order valence-electron chi connectivity index (χ2n) is 7.30. The van der Waals surface area contributed by atoms with E-state index in [9.17, 15) is 4.79 Å². The van der Waals surface area contributed by atoms with Crippen LogP contribution in [0.3, 0.4) is 0 Å². The van der Waals surface area contributed by atoms with Gasteiger partial charge in [-0.1, -0.05) is 0 Å². The molecule has 4 heterocycles. The number of hydrogen-bond donors (Lipinski definition) is 2. The van der Waals surface area contributed by atoms with Gasteiger partial charge < -0.3 is 9.64 Å². The van der Waals surface area contributed by atoms with E-state index in [0.29, 0.717) is 11.6 Å². The molecule has 0 spiro atoms. The number of aromatic amines is 2. The molecule has 2 aromatic heterocycles. The maximum Gasteiger partial charge on any atom is 0.274 e. The lowest BCUT2D eigenvalue weighted by molar-refractivity contribution is -0.00703. The van der Waals surface area contributed by atoms with Crippen molar-refractivity contribution in [2.75, 3.05) is 13.1 Å². The molecule has 0 bridgehead atoms. The topological polar surface area (TPSA) is 86.9 Å². The number of ether oxygens (including phenoxy) is 1. The van der Waals surface area contributed by atoms with Crippen LogP contribution in [0, 0.1) is 6.92 Å². The number of carbonyl (C=O) groups excluding carboxylic acids is 1. The molecule has 0 unspecified atom stereocenters. The summed E-state index contributed by atoms with van der Waals surface area (Å²) in [6, 6.07) is 2.11. The number of nitrogens with one attached hydrogen (secondary N) is 2. The summed E-state index contributed by atoms with van der Waals surface area (Å²) in [6.07, 6.45) is 2.69. The van der Waals surface area contributed by atoms with E-state index in [4.69, 9.17) is 4.74 Å². The van der Waals surface area contributed by atoms with Gasteiger partial charge in [-0.05, 0) is 39.7 Å². The van der Waals surface area contributed by atoms with Crippen molar-refractivity contribution in [3.63, 3.8) is 0 Å². The maximum absolute atomic E-state index is 13.0. The Morgan fingerprint density at radius 1 is 1.24 bits per heavy atom. The van der Waals surface area contributed by atoms with Gasteiger partial charge in [0.15, 0.2) is 5.69 Å². The summed E-state index contributed by atoms with van der Waals surface area (Å²) in [5, 5.41) is 14.7. The molecule has 2 atom stereocenters. The Morgan fingerprint density at radius 3 is 2.68 bits per heavy atom. The highest BCUT2D eigenvalue weighted by Crippen LogP contribution is 2.32. The van der Waals surface area contributed by atoms with Crippen molar-refractivity contribution in [1.29, 1.82) is 0 Å². The summed E-state index contributed by atoms with van der Waals surface area (Å²) in [6.45, 7) is 7.55. The monoisotopic (exact) mass is 343 g/mol.